The Bertz CT molecular complexity index is 728. The van der Waals surface area contributed by atoms with Crippen LogP contribution in [0.2, 0.25) is 0 Å². The molecule has 2 amide bonds. The molecule has 1 atom stereocenters. The number of imidazole rings is 1. The number of hydrogen-bond acceptors (Lipinski definition) is 4. The number of hydrogen-bond donors (Lipinski definition) is 2. The van der Waals surface area contributed by atoms with Crippen molar-refractivity contribution < 1.29 is 9.59 Å². The van der Waals surface area contributed by atoms with Gasteiger partial charge in [-0.1, -0.05) is 33.6 Å². The van der Waals surface area contributed by atoms with Gasteiger partial charge in [0.2, 0.25) is 11.8 Å². The van der Waals surface area contributed by atoms with Gasteiger partial charge in [-0.3, -0.25) is 14.5 Å². The van der Waals surface area contributed by atoms with E-state index in [0.29, 0.717) is 5.92 Å². The summed E-state index contributed by atoms with van der Waals surface area (Å²) in [6.45, 7) is 8.64. The minimum atomic E-state index is -0.569. The maximum atomic E-state index is 12.8. The molecule has 0 bridgehead atoms. The van der Waals surface area contributed by atoms with E-state index in [4.69, 9.17) is 4.98 Å². The molecule has 1 aliphatic carbocycles. The third-order valence-electron chi connectivity index (χ3n) is 6.04. The van der Waals surface area contributed by atoms with E-state index in [2.05, 4.69) is 27.1 Å². The Morgan fingerprint density at radius 1 is 1.21 bits per heavy atom. The molecule has 2 N–H and O–H groups in total. The highest BCUT2D eigenvalue weighted by molar-refractivity contribution is 5.88. The summed E-state index contributed by atoms with van der Waals surface area (Å²) in [7, 11) is 3.71. The highest BCUT2D eigenvalue weighted by Crippen LogP contribution is 2.35. The van der Waals surface area contributed by atoms with Gasteiger partial charge in [0.05, 0.1) is 17.8 Å². The summed E-state index contributed by atoms with van der Waals surface area (Å²) in [6, 6.07) is -0.569. The van der Waals surface area contributed by atoms with Crippen molar-refractivity contribution in [3.05, 3.63) is 17.2 Å². The molecule has 1 aromatic rings. The van der Waals surface area contributed by atoms with E-state index in [9.17, 15) is 9.59 Å². The molecule has 0 unspecified atom stereocenters. The van der Waals surface area contributed by atoms with Gasteiger partial charge in [-0.25, -0.2) is 4.98 Å². The van der Waals surface area contributed by atoms with Crippen molar-refractivity contribution in [2.24, 2.45) is 5.41 Å². The third kappa shape index (κ3) is 4.40. The SMILES string of the molecule is CNC(=O)[C@@H](NC(=O)Cc1nc(C2CCCC2)n2c1CN(C)CC2)C(C)(C)C. The van der Waals surface area contributed by atoms with E-state index < -0.39 is 6.04 Å². The van der Waals surface area contributed by atoms with Crippen LogP contribution in [0.15, 0.2) is 0 Å². The molecule has 3 rings (SSSR count). The van der Waals surface area contributed by atoms with Crippen LogP contribution in [0.1, 0.15) is 69.6 Å². The number of aromatic nitrogens is 2. The lowest BCUT2D eigenvalue weighted by molar-refractivity contribution is -0.131. The normalized spacial score (nSPS) is 19.3. The molecule has 1 aromatic heterocycles. The molecular formula is C21H35N5O2. The van der Waals surface area contributed by atoms with Crippen LogP contribution in [-0.4, -0.2) is 52.9 Å². The van der Waals surface area contributed by atoms with Gasteiger partial charge in [-0.2, -0.15) is 0 Å². The summed E-state index contributed by atoms with van der Waals surface area (Å²) in [4.78, 5) is 32.3. The van der Waals surface area contributed by atoms with E-state index in [-0.39, 0.29) is 23.7 Å². The zero-order valence-corrected chi connectivity index (χ0v) is 18.0. The molecule has 0 spiro atoms. The first kappa shape index (κ1) is 20.8. The topological polar surface area (TPSA) is 79.3 Å². The van der Waals surface area contributed by atoms with Crippen LogP contribution in [0.3, 0.4) is 0 Å². The zero-order chi connectivity index (χ0) is 20.5. The fraction of sp³-hybridized carbons (Fsp3) is 0.762. The second-order valence-electron chi connectivity index (χ2n) is 9.39. The number of likely N-dealkylation sites (N-methyl/N-ethyl adjacent to an activating group) is 2. The van der Waals surface area contributed by atoms with Crippen molar-refractivity contribution in [1.82, 2.24) is 25.1 Å². The minimum absolute atomic E-state index is 0.143. The molecule has 0 radical (unpaired) electrons. The first-order chi connectivity index (χ1) is 13.2. The number of nitrogens with zero attached hydrogens (tertiary/aromatic N) is 3. The van der Waals surface area contributed by atoms with Gasteiger partial charge < -0.3 is 15.2 Å². The molecule has 7 heteroatoms. The lowest BCUT2D eigenvalue weighted by atomic mass is 9.86. The summed E-state index contributed by atoms with van der Waals surface area (Å²) in [5.74, 6) is 1.38. The van der Waals surface area contributed by atoms with Crippen LogP contribution in [0.25, 0.3) is 0 Å². The molecule has 1 fully saturated rings. The molecule has 0 aromatic carbocycles. The summed E-state index contributed by atoms with van der Waals surface area (Å²) >= 11 is 0. The quantitative estimate of drug-likeness (QED) is 0.805. The lowest BCUT2D eigenvalue weighted by Crippen LogP contribution is -2.53. The van der Waals surface area contributed by atoms with E-state index in [1.807, 2.05) is 20.8 Å². The van der Waals surface area contributed by atoms with Gasteiger partial charge in [0, 0.05) is 32.6 Å². The van der Waals surface area contributed by atoms with Crippen molar-refractivity contribution in [2.45, 2.75) is 77.9 Å². The third-order valence-corrected chi connectivity index (χ3v) is 6.04. The molecule has 0 saturated heterocycles. The molecular weight excluding hydrogens is 354 g/mol. The molecule has 28 heavy (non-hydrogen) atoms. The van der Waals surface area contributed by atoms with Crippen molar-refractivity contribution in [3.8, 4) is 0 Å². The maximum absolute atomic E-state index is 12.8. The maximum Gasteiger partial charge on any atom is 0.242 e. The number of nitrogens with one attached hydrogen (secondary N) is 2. The second-order valence-corrected chi connectivity index (χ2v) is 9.39. The summed E-state index contributed by atoms with van der Waals surface area (Å²) in [5.41, 5.74) is 1.67. The highest BCUT2D eigenvalue weighted by atomic mass is 16.2. The highest BCUT2D eigenvalue weighted by Gasteiger charge is 2.33. The smallest absolute Gasteiger partial charge is 0.242 e. The summed E-state index contributed by atoms with van der Waals surface area (Å²) in [5, 5.41) is 5.60. The van der Waals surface area contributed by atoms with Crippen LogP contribution in [0.5, 0.6) is 0 Å². The van der Waals surface area contributed by atoms with Gasteiger partial charge in [0.25, 0.3) is 0 Å². The van der Waals surface area contributed by atoms with Crippen molar-refractivity contribution in [3.63, 3.8) is 0 Å². The van der Waals surface area contributed by atoms with Crippen molar-refractivity contribution in [1.29, 1.82) is 0 Å². The van der Waals surface area contributed by atoms with Crippen LogP contribution >= 0.6 is 0 Å². The van der Waals surface area contributed by atoms with Crippen LogP contribution < -0.4 is 10.6 Å². The fourth-order valence-electron chi connectivity index (χ4n) is 4.41. The Hall–Kier alpha value is -1.89. The molecule has 7 nitrogen and oxygen atoms in total. The van der Waals surface area contributed by atoms with Gasteiger partial charge in [-0.05, 0) is 25.3 Å². The average molecular weight is 390 g/mol. The number of fused-ring (bicyclic) bond motifs is 1. The summed E-state index contributed by atoms with van der Waals surface area (Å²) in [6.07, 6.45) is 5.14. The summed E-state index contributed by atoms with van der Waals surface area (Å²) < 4.78 is 2.36. The number of amides is 2. The van der Waals surface area contributed by atoms with Crippen LogP contribution in [0.4, 0.5) is 0 Å². The molecule has 1 aliphatic heterocycles. The Morgan fingerprint density at radius 3 is 2.50 bits per heavy atom. The van der Waals surface area contributed by atoms with E-state index in [1.165, 1.54) is 31.5 Å². The molecule has 2 aliphatic rings. The Labute approximate surface area is 168 Å². The van der Waals surface area contributed by atoms with E-state index >= 15 is 0 Å². The first-order valence-electron chi connectivity index (χ1n) is 10.5. The van der Waals surface area contributed by atoms with Crippen molar-refractivity contribution in [2.75, 3.05) is 20.6 Å². The van der Waals surface area contributed by atoms with Gasteiger partial charge in [-0.15, -0.1) is 0 Å². The van der Waals surface area contributed by atoms with E-state index in [0.717, 1.165) is 31.0 Å². The molecule has 156 valence electrons. The molecule has 1 saturated carbocycles. The minimum Gasteiger partial charge on any atom is -0.357 e. The lowest BCUT2D eigenvalue weighted by Gasteiger charge is -2.30. The Balaban J connectivity index is 1.81. The largest absolute Gasteiger partial charge is 0.357 e. The number of rotatable bonds is 5. The van der Waals surface area contributed by atoms with Crippen molar-refractivity contribution >= 4 is 11.8 Å². The standard InChI is InChI=1S/C21H35N5O2/c1-21(2,3)18(20(28)22-4)24-17(27)12-15-16-13-25(5)10-11-26(16)19(23-15)14-8-6-7-9-14/h14,18H,6-13H2,1-5H3,(H,22,28)(H,24,27)/t18-/m1/s1. The predicted molar refractivity (Wildman–Crippen MR) is 109 cm³/mol. The Kier molecular flexibility index (Phi) is 6.12. The number of carbonyl (C=O) groups is 2. The first-order valence-corrected chi connectivity index (χ1v) is 10.5. The van der Waals surface area contributed by atoms with Gasteiger partial charge in [0.1, 0.15) is 11.9 Å². The zero-order valence-electron chi connectivity index (χ0n) is 18.0. The molecule has 2 heterocycles. The van der Waals surface area contributed by atoms with E-state index in [1.54, 1.807) is 7.05 Å². The average Bonchev–Trinajstić information content (AvgIpc) is 3.26. The van der Waals surface area contributed by atoms with Crippen LogP contribution in [0, 0.1) is 5.41 Å². The number of carbonyl (C=O) groups excluding carboxylic acids is 2. The second kappa shape index (κ2) is 8.23. The van der Waals surface area contributed by atoms with Crippen LogP contribution in [-0.2, 0) is 29.1 Å². The monoisotopic (exact) mass is 389 g/mol. The Morgan fingerprint density at radius 2 is 1.89 bits per heavy atom. The van der Waals surface area contributed by atoms with Gasteiger partial charge >= 0.3 is 0 Å². The predicted octanol–water partition coefficient (Wildman–Crippen LogP) is 1.81. The van der Waals surface area contributed by atoms with Gasteiger partial charge in [0.15, 0.2) is 0 Å². The fourth-order valence-corrected chi connectivity index (χ4v) is 4.41.